The zero-order valence-electron chi connectivity index (χ0n) is 15.5. The van der Waals surface area contributed by atoms with Crippen LogP contribution in [0.4, 0.5) is 0 Å². The number of hydrogen-bond acceptors (Lipinski definition) is 2. The van der Waals surface area contributed by atoms with Gasteiger partial charge in [-0.15, -0.1) is 0 Å². The predicted octanol–water partition coefficient (Wildman–Crippen LogP) is 5.94. The first-order valence-corrected chi connectivity index (χ1v) is 10.5. The topological polar surface area (TPSA) is 18.5 Å². The molecule has 2 nitrogen and oxygen atoms in total. The van der Waals surface area contributed by atoms with Crippen molar-refractivity contribution in [2.24, 2.45) is 23.7 Å². The lowest BCUT2D eigenvalue weighted by Gasteiger charge is -2.33. The summed E-state index contributed by atoms with van der Waals surface area (Å²) in [6.07, 6.45) is 16.4. The average molecular weight is 323 g/mol. The van der Waals surface area contributed by atoms with Crippen LogP contribution in [0.1, 0.15) is 90.9 Å². The van der Waals surface area contributed by atoms with Gasteiger partial charge in [0.05, 0.1) is 13.2 Å². The van der Waals surface area contributed by atoms with Crippen LogP contribution in [-0.4, -0.2) is 19.0 Å². The van der Waals surface area contributed by atoms with E-state index in [1.807, 2.05) is 0 Å². The molecule has 2 aliphatic carbocycles. The summed E-state index contributed by atoms with van der Waals surface area (Å²) in [5.41, 5.74) is 0. The minimum absolute atomic E-state index is 0.192. The second-order valence-corrected chi connectivity index (χ2v) is 8.41. The van der Waals surface area contributed by atoms with Crippen LogP contribution in [0.3, 0.4) is 0 Å². The summed E-state index contributed by atoms with van der Waals surface area (Å²) in [4.78, 5) is 0. The van der Waals surface area contributed by atoms with Crippen molar-refractivity contribution in [3.63, 3.8) is 0 Å². The summed E-state index contributed by atoms with van der Waals surface area (Å²) < 4.78 is 12.3. The van der Waals surface area contributed by atoms with E-state index in [2.05, 4.69) is 13.8 Å². The molecule has 0 spiro atoms. The molecule has 0 aromatic heterocycles. The van der Waals surface area contributed by atoms with E-state index in [-0.39, 0.29) is 5.79 Å². The quantitative estimate of drug-likeness (QED) is 0.515. The van der Waals surface area contributed by atoms with Crippen LogP contribution in [0.2, 0.25) is 0 Å². The van der Waals surface area contributed by atoms with Gasteiger partial charge in [-0.3, -0.25) is 0 Å². The van der Waals surface area contributed by atoms with Gasteiger partial charge in [-0.25, -0.2) is 0 Å². The van der Waals surface area contributed by atoms with Gasteiger partial charge in [-0.2, -0.15) is 0 Å². The van der Waals surface area contributed by atoms with Crippen LogP contribution in [0.15, 0.2) is 0 Å². The maximum Gasteiger partial charge on any atom is 0.171 e. The summed E-state index contributed by atoms with van der Waals surface area (Å²) in [5.74, 6) is 3.49. The number of unbranched alkanes of at least 4 members (excludes halogenated alkanes) is 1. The zero-order valence-corrected chi connectivity index (χ0v) is 15.5. The van der Waals surface area contributed by atoms with Crippen molar-refractivity contribution in [2.45, 2.75) is 96.7 Å². The summed E-state index contributed by atoms with van der Waals surface area (Å²) in [7, 11) is 0. The molecule has 1 saturated heterocycles. The Morgan fingerprint density at radius 1 is 0.870 bits per heavy atom. The van der Waals surface area contributed by atoms with Crippen molar-refractivity contribution >= 4 is 0 Å². The lowest BCUT2D eigenvalue weighted by atomic mass is 9.87. The van der Waals surface area contributed by atoms with Gasteiger partial charge in [0.15, 0.2) is 5.79 Å². The molecule has 2 saturated carbocycles. The second-order valence-electron chi connectivity index (χ2n) is 8.41. The SMILES string of the molecule is CCC1CC(CC)C(CCCCC2(C3CCCC3)OCCO2)C1. The second kappa shape index (κ2) is 8.34. The molecule has 0 bridgehead atoms. The lowest BCUT2D eigenvalue weighted by Crippen LogP contribution is -2.38. The summed E-state index contributed by atoms with van der Waals surface area (Å²) in [5, 5.41) is 0. The molecule has 1 aliphatic heterocycles. The number of hydrogen-bond donors (Lipinski definition) is 0. The van der Waals surface area contributed by atoms with Gasteiger partial charge in [-0.1, -0.05) is 52.4 Å². The number of ether oxygens (including phenoxy) is 2. The lowest BCUT2D eigenvalue weighted by molar-refractivity contribution is -0.199. The Morgan fingerprint density at radius 3 is 2.22 bits per heavy atom. The Hall–Kier alpha value is -0.0800. The first-order valence-electron chi connectivity index (χ1n) is 10.5. The minimum atomic E-state index is -0.192. The van der Waals surface area contributed by atoms with Crippen LogP contribution >= 0.6 is 0 Å². The largest absolute Gasteiger partial charge is 0.347 e. The first-order chi connectivity index (χ1) is 11.3. The summed E-state index contributed by atoms with van der Waals surface area (Å²) in [6.45, 7) is 6.40. The molecular formula is C21H38O2. The van der Waals surface area contributed by atoms with Gasteiger partial charge in [0.1, 0.15) is 0 Å². The molecule has 0 aromatic carbocycles. The molecule has 134 valence electrons. The number of rotatable bonds is 8. The van der Waals surface area contributed by atoms with E-state index in [4.69, 9.17) is 9.47 Å². The molecule has 3 unspecified atom stereocenters. The predicted molar refractivity (Wildman–Crippen MR) is 95.3 cm³/mol. The van der Waals surface area contributed by atoms with E-state index in [0.29, 0.717) is 5.92 Å². The smallest absolute Gasteiger partial charge is 0.171 e. The van der Waals surface area contributed by atoms with Gasteiger partial charge in [0.25, 0.3) is 0 Å². The van der Waals surface area contributed by atoms with E-state index in [9.17, 15) is 0 Å². The highest BCUT2D eigenvalue weighted by molar-refractivity contribution is 4.87. The van der Waals surface area contributed by atoms with Crippen molar-refractivity contribution in [3.8, 4) is 0 Å². The highest BCUT2D eigenvalue weighted by atomic mass is 16.7. The summed E-state index contributed by atoms with van der Waals surface area (Å²) >= 11 is 0. The molecule has 3 atom stereocenters. The highest BCUT2D eigenvalue weighted by Crippen LogP contribution is 2.44. The third kappa shape index (κ3) is 4.12. The molecule has 2 heteroatoms. The maximum atomic E-state index is 6.15. The van der Waals surface area contributed by atoms with Gasteiger partial charge < -0.3 is 9.47 Å². The fourth-order valence-corrected chi connectivity index (χ4v) is 5.72. The average Bonchev–Trinajstić information content (AvgIpc) is 3.31. The van der Waals surface area contributed by atoms with Crippen molar-refractivity contribution in [2.75, 3.05) is 13.2 Å². The van der Waals surface area contributed by atoms with E-state index >= 15 is 0 Å². The first kappa shape index (κ1) is 17.7. The molecular weight excluding hydrogens is 284 g/mol. The molecule has 3 aliphatic rings. The van der Waals surface area contributed by atoms with Crippen molar-refractivity contribution in [1.29, 1.82) is 0 Å². The van der Waals surface area contributed by atoms with E-state index in [0.717, 1.165) is 37.4 Å². The molecule has 1 heterocycles. The van der Waals surface area contributed by atoms with Crippen LogP contribution in [0.25, 0.3) is 0 Å². The van der Waals surface area contributed by atoms with E-state index in [1.54, 1.807) is 0 Å². The van der Waals surface area contributed by atoms with Crippen LogP contribution in [0, 0.1) is 23.7 Å². The highest BCUT2D eigenvalue weighted by Gasteiger charge is 2.44. The Labute approximate surface area is 143 Å². The molecule has 23 heavy (non-hydrogen) atoms. The third-order valence-electron chi connectivity index (χ3n) is 7.14. The molecule has 0 aromatic rings. The standard InChI is InChI=1S/C21H38O2/c1-3-17-15-18(4-2)19(16-17)9-7-8-12-21(22-13-14-23-21)20-10-5-6-11-20/h17-20H,3-16H2,1-2H3. The monoisotopic (exact) mass is 322 g/mol. The maximum absolute atomic E-state index is 6.15. The Bertz CT molecular complexity index is 342. The fourth-order valence-electron chi connectivity index (χ4n) is 5.72. The van der Waals surface area contributed by atoms with Gasteiger partial charge >= 0.3 is 0 Å². The van der Waals surface area contributed by atoms with Crippen molar-refractivity contribution < 1.29 is 9.47 Å². The van der Waals surface area contributed by atoms with Crippen LogP contribution in [0.5, 0.6) is 0 Å². The fraction of sp³-hybridized carbons (Fsp3) is 1.00. The Morgan fingerprint density at radius 2 is 1.57 bits per heavy atom. The van der Waals surface area contributed by atoms with Crippen LogP contribution < -0.4 is 0 Å². The third-order valence-corrected chi connectivity index (χ3v) is 7.14. The molecule has 0 radical (unpaired) electrons. The van der Waals surface area contributed by atoms with Gasteiger partial charge in [-0.05, 0) is 49.9 Å². The molecule has 0 N–H and O–H groups in total. The van der Waals surface area contributed by atoms with Gasteiger partial charge in [0, 0.05) is 12.3 Å². The van der Waals surface area contributed by atoms with Gasteiger partial charge in [0.2, 0.25) is 0 Å². The zero-order chi connectivity index (χ0) is 16.1. The van der Waals surface area contributed by atoms with Crippen LogP contribution in [-0.2, 0) is 9.47 Å². The Kier molecular flexibility index (Phi) is 6.43. The van der Waals surface area contributed by atoms with Crippen molar-refractivity contribution in [1.82, 2.24) is 0 Å². The Balaban J connectivity index is 1.43. The molecule has 3 fully saturated rings. The van der Waals surface area contributed by atoms with E-state index in [1.165, 1.54) is 70.6 Å². The normalized spacial score (nSPS) is 34.4. The molecule has 0 amide bonds. The van der Waals surface area contributed by atoms with E-state index < -0.39 is 0 Å². The summed E-state index contributed by atoms with van der Waals surface area (Å²) in [6, 6.07) is 0. The minimum Gasteiger partial charge on any atom is -0.347 e. The van der Waals surface area contributed by atoms with Crippen molar-refractivity contribution in [3.05, 3.63) is 0 Å². The molecule has 3 rings (SSSR count).